The van der Waals surface area contributed by atoms with Gasteiger partial charge in [-0.3, -0.25) is 0 Å². The zero-order valence-electron chi connectivity index (χ0n) is 8.64. The maximum atomic E-state index is 9.37. The number of hydrogen-bond donors (Lipinski definition) is 2. The van der Waals surface area contributed by atoms with Crippen molar-refractivity contribution in [3.8, 4) is 5.75 Å². The molecule has 0 spiro atoms. The minimum absolute atomic E-state index is 0.198. The molecule has 0 aliphatic carbocycles. The Labute approximate surface area is 116 Å². The summed E-state index contributed by atoms with van der Waals surface area (Å²) >= 11 is 12.3. The van der Waals surface area contributed by atoms with Crippen molar-refractivity contribution >= 4 is 49.1 Å². The second-order valence-electron chi connectivity index (χ2n) is 3.15. The van der Waals surface area contributed by atoms with Crippen LogP contribution in [0.2, 0.25) is 0 Å². The van der Waals surface area contributed by atoms with E-state index in [4.69, 9.17) is 16.3 Å². The van der Waals surface area contributed by atoms with Crippen LogP contribution in [0.5, 0.6) is 5.75 Å². The summed E-state index contributed by atoms with van der Waals surface area (Å²) in [6.07, 6.45) is -0.582. The fraction of sp³-hybridized carbons (Fsp3) is 0.400. The quantitative estimate of drug-likeness (QED) is 0.779. The van der Waals surface area contributed by atoms with Gasteiger partial charge in [0, 0.05) is 15.5 Å². The van der Waals surface area contributed by atoms with Crippen molar-refractivity contribution in [1.82, 2.24) is 0 Å². The summed E-state index contributed by atoms with van der Waals surface area (Å²) in [7, 11) is 1.59. The molecule has 1 aromatic rings. The van der Waals surface area contributed by atoms with Gasteiger partial charge in [0.25, 0.3) is 0 Å². The molecule has 0 amide bonds. The van der Waals surface area contributed by atoms with Crippen LogP contribution in [0, 0.1) is 0 Å². The number of nitrogens with one attached hydrogen (secondary N) is 1. The first kappa shape index (κ1) is 14.1. The third-order valence-electron chi connectivity index (χ3n) is 1.93. The lowest BCUT2D eigenvalue weighted by atomic mass is 10.3. The molecule has 0 heterocycles. The Bertz CT molecular complexity index is 363. The van der Waals surface area contributed by atoms with Gasteiger partial charge in [-0.05, 0) is 28.1 Å². The third-order valence-corrected chi connectivity index (χ3v) is 3.37. The van der Waals surface area contributed by atoms with Gasteiger partial charge in [-0.25, -0.2) is 0 Å². The first-order chi connectivity index (χ1) is 7.58. The monoisotopic (exact) mass is 371 g/mol. The molecule has 0 aliphatic heterocycles. The SMILES string of the molecule is COc1cc(Br)cc(Br)c1NCC(O)CCl. The van der Waals surface area contributed by atoms with Gasteiger partial charge in [0.15, 0.2) is 0 Å². The molecule has 1 rings (SSSR count). The van der Waals surface area contributed by atoms with Crippen LogP contribution in [0.15, 0.2) is 21.1 Å². The molecule has 0 aliphatic rings. The van der Waals surface area contributed by atoms with Crippen LogP contribution in [0.25, 0.3) is 0 Å². The molecule has 0 aromatic heterocycles. The molecule has 1 aromatic carbocycles. The number of aliphatic hydroxyl groups is 1. The van der Waals surface area contributed by atoms with E-state index >= 15 is 0 Å². The largest absolute Gasteiger partial charge is 0.495 e. The molecule has 6 heteroatoms. The first-order valence-electron chi connectivity index (χ1n) is 4.59. The number of anilines is 1. The number of hydrogen-bond acceptors (Lipinski definition) is 3. The van der Waals surface area contributed by atoms with Crippen molar-refractivity contribution in [2.24, 2.45) is 0 Å². The van der Waals surface area contributed by atoms with Crippen LogP contribution >= 0.6 is 43.5 Å². The standard InChI is InChI=1S/C10H12Br2ClNO2/c1-16-9-3-6(11)2-8(12)10(9)14-5-7(15)4-13/h2-3,7,14-15H,4-5H2,1H3. The van der Waals surface area contributed by atoms with Crippen molar-refractivity contribution in [3.05, 3.63) is 21.1 Å². The predicted molar refractivity (Wildman–Crippen MR) is 73.6 cm³/mol. The summed E-state index contributed by atoms with van der Waals surface area (Å²) < 4.78 is 7.01. The Morgan fingerprint density at radius 3 is 2.75 bits per heavy atom. The maximum Gasteiger partial charge on any atom is 0.144 e. The molecule has 90 valence electrons. The number of benzene rings is 1. The number of halogens is 3. The highest BCUT2D eigenvalue weighted by Crippen LogP contribution is 2.35. The molecule has 2 N–H and O–H groups in total. The summed E-state index contributed by atoms with van der Waals surface area (Å²) in [5.74, 6) is 0.895. The van der Waals surface area contributed by atoms with E-state index in [0.29, 0.717) is 12.3 Å². The van der Waals surface area contributed by atoms with E-state index < -0.39 is 6.10 Å². The van der Waals surface area contributed by atoms with Gasteiger partial charge < -0.3 is 15.2 Å². The molecule has 16 heavy (non-hydrogen) atoms. The summed E-state index contributed by atoms with van der Waals surface area (Å²) in [5.41, 5.74) is 0.801. The average Bonchev–Trinajstić information content (AvgIpc) is 2.26. The molecule has 0 saturated heterocycles. The minimum atomic E-state index is -0.582. The highest BCUT2D eigenvalue weighted by molar-refractivity contribution is 9.11. The van der Waals surface area contributed by atoms with E-state index in [9.17, 15) is 5.11 Å². The lowest BCUT2D eigenvalue weighted by molar-refractivity contribution is 0.211. The van der Waals surface area contributed by atoms with Crippen molar-refractivity contribution in [3.63, 3.8) is 0 Å². The molecule has 0 radical (unpaired) electrons. The maximum absolute atomic E-state index is 9.37. The van der Waals surface area contributed by atoms with Crippen molar-refractivity contribution in [1.29, 1.82) is 0 Å². The average molecular weight is 373 g/mol. The van der Waals surface area contributed by atoms with Gasteiger partial charge in [-0.15, -0.1) is 11.6 Å². The molecule has 3 nitrogen and oxygen atoms in total. The number of rotatable bonds is 5. The zero-order chi connectivity index (χ0) is 12.1. The normalized spacial score (nSPS) is 12.3. The Kier molecular flexibility index (Phi) is 5.89. The molecule has 1 atom stereocenters. The van der Waals surface area contributed by atoms with Gasteiger partial charge >= 0.3 is 0 Å². The number of aliphatic hydroxyl groups excluding tert-OH is 1. The predicted octanol–water partition coefficient (Wildman–Crippen LogP) is 3.23. The van der Waals surface area contributed by atoms with Crippen molar-refractivity contribution in [2.45, 2.75) is 6.10 Å². The summed E-state index contributed by atoms with van der Waals surface area (Å²) in [4.78, 5) is 0. The van der Waals surface area contributed by atoms with Crippen molar-refractivity contribution in [2.75, 3.05) is 24.9 Å². The van der Waals surface area contributed by atoms with Crippen LogP contribution in [-0.4, -0.2) is 30.7 Å². The lowest BCUT2D eigenvalue weighted by Crippen LogP contribution is -2.21. The molecular weight excluding hydrogens is 361 g/mol. The summed E-state index contributed by atoms with van der Waals surface area (Å²) in [6.45, 7) is 0.375. The van der Waals surface area contributed by atoms with Crippen LogP contribution in [0.3, 0.4) is 0 Å². The fourth-order valence-electron chi connectivity index (χ4n) is 1.16. The van der Waals surface area contributed by atoms with E-state index in [1.807, 2.05) is 12.1 Å². The third kappa shape index (κ3) is 3.80. The van der Waals surface area contributed by atoms with Gasteiger partial charge in [0.2, 0.25) is 0 Å². The molecule has 0 saturated carbocycles. The molecule has 0 bridgehead atoms. The summed E-state index contributed by atoms with van der Waals surface area (Å²) in [5, 5.41) is 12.5. The Morgan fingerprint density at radius 1 is 1.50 bits per heavy atom. The summed E-state index contributed by atoms with van der Waals surface area (Å²) in [6, 6.07) is 3.75. The number of ether oxygens (including phenoxy) is 1. The highest BCUT2D eigenvalue weighted by atomic mass is 79.9. The van der Waals surface area contributed by atoms with E-state index in [1.165, 1.54) is 0 Å². The van der Waals surface area contributed by atoms with Crippen LogP contribution in [0.1, 0.15) is 0 Å². The number of alkyl halides is 1. The van der Waals surface area contributed by atoms with Gasteiger partial charge in [-0.1, -0.05) is 15.9 Å². The zero-order valence-corrected chi connectivity index (χ0v) is 12.6. The molecule has 1 unspecified atom stereocenters. The van der Waals surface area contributed by atoms with Crippen LogP contribution in [-0.2, 0) is 0 Å². The van der Waals surface area contributed by atoms with E-state index in [2.05, 4.69) is 37.2 Å². The minimum Gasteiger partial charge on any atom is -0.495 e. The topological polar surface area (TPSA) is 41.5 Å². The first-order valence-corrected chi connectivity index (χ1v) is 6.71. The van der Waals surface area contributed by atoms with Gasteiger partial charge in [0.05, 0.1) is 24.8 Å². The van der Waals surface area contributed by atoms with Crippen LogP contribution < -0.4 is 10.1 Å². The van der Waals surface area contributed by atoms with Crippen molar-refractivity contribution < 1.29 is 9.84 Å². The Morgan fingerprint density at radius 2 is 2.19 bits per heavy atom. The van der Waals surface area contributed by atoms with Gasteiger partial charge in [0.1, 0.15) is 5.75 Å². The van der Waals surface area contributed by atoms with E-state index in [0.717, 1.165) is 14.6 Å². The molecular formula is C10H12Br2ClNO2. The van der Waals surface area contributed by atoms with E-state index in [-0.39, 0.29) is 5.88 Å². The second-order valence-corrected chi connectivity index (χ2v) is 5.23. The Balaban J connectivity index is 2.85. The molecule has 0 fully saturated rings. The van der Waals surface area contributed by atoms with Gasteiger partial charge in [-0.2, -0.15) is 0 Å². The second kappa shape index (κ2) is 6.69. The Hall–Kier alpha value is 0.0300. The lowest BCUT2D eigenvalue weighted by Gasteiger charge is -2.15. The fourth-order valence-corrected chi connectivity index (χ4v) is 2.59. The van der Waals surface area contributed by atoms with Crippen LogP contribution in [0.4, 0.5) is 5.69 Å². The smallest absolute Gasteiger partial charge is 0.144 e. The number of methoxy groups -OCH3 is 1. The van der Waals surface area contributed by atoms with E-state index in [1.54, 1.807) is 7.11 Å². The highest BCUT2D eigenvalue weighted by Gasteiger charge is 2.10.